The van der Waals surface area contributed by atoms with Gasteiger partial charge in [-0.1, -0.05) is 30.7 Å². The Kier molecular flexibility index (Phi) is 3.69. The minimum atomic E-state index is -1.64. The van der Waals surface area contributed by atoms with Crippen molar-refractivity contribution in [1.29, 1.82) is 0 Å². The molecular formula is C12H13B4NO2. The molecule has 0 spiro atoms. The summed E-state index contributed by atoms with van der Waals surface area (Å²) in [5, 5.41) is 2.16. The molecule has 1 N–H and O–H groups in total. The van der Waals surface area contributed by atoms with Crippen molar-refractivity contribution < 1.29 is 9.47 Å². The van der Waals surface area contributed by atoms with Gasteiger partial charge in [-0.05, 0) is 24.7 Å². The molecule has 0 amide bonds. The molecule has 1 aromatic rings. The molecule has 0 bridgehead atoms. The second-order valence-electron chi connectivity index (χ2n) is 4.80. The van der Waals surface area contributed by atoms with Gasteiger partial charge < -0.3 is 14.8 Å². The van der Waals surface area contributed by atoms with Crippen LogP contribution in [0.2, 0.25) is 0 Å². The SMILES string of the molecule is [B]C1([B])Oc2ccc(C([B])([B])[C@H](C)NCC)cc2O1. The quantitative estimate of drug-likeness (QED) is 0.752. The van der Waals surface area contributed by atoms with Gasteiger partial charge in [0.1, 0.15) is 0 Å². The van der Waals surface area contributed by atoms with Gasteiger partial charge in [-0.2, -0.15) is 0 Å². The van der Waals surface area contributed by atoms with Crippen LogP contribution < -0.4 is 14.8 Å². The molecule has 0 fully saturated rings. The summed E-state index contributed by atoms with van der Waals surface area (Å²) in [5.41, 5.74) is -0.930. The molecule has 3 nitrogen and oxygen atoms in total. The molecular weight excluding hydrogens is 233 g/mol. The Bertz CT molecular complexity index is 479. The van der Waals surface area contributed by atoms with Crippen molar-refractivity contribution in [2.75, 3.05) is 6.54 Å². The van der Waals surface area contributed by atoms with Crippen LogP contribution in [0.5, 0.6) is 11.5 Å². The maximum Gasteiger partial charge on any atom is 0.175 e. The Morgan fingerprint density at radius 2 is 1.89 bits per heavy atom. The number of hydrogen-bond acceptors (Lipinski definition) is 3. The number of fused-ring (bicyclic) bond motifs is 1. The van der Waals surface area contributed by atoms with E-state index in [1.165, 1.54) is 0 Å². The van der Waals surface area contributed by atoms with Crippen molar-refractivity contribution in [3.05, 3.63) is 23.8 Å². The maximum absolute atomic E-state index is 6.19. The van der Waals surface area contributed by atoms with E-state index >= 15 is 0 Å². The summed E-state index contributed by atoms with van der Waals surface area (Å²) in [7, 11) is 23.5. The summed E-state index contributed by atoms with van der Waals surface area (Å²) in [5.74, 6) is 0.909. The van der Waals surface area contributed by atoms with E-state index < -0.39 is 10.8 Å². The number of hydrogen-bond donors (Lipinski definition) is 1. The molecule has 0 aromatic heterocycles. The number of ether oxygens (including phenoxy) is 2. The number of benzene rings is 1. The highest BCUT2D eigenvalue weighted by Gasteiger charge is 2.33. The van der Waals surface area contributed by atoms with Gasteiger partial charge in [0.25, 0.3) is 0 Å². The predicted molar refractivity (Wildman–Crippen MR) is 78.3 cm³/mol. The van der Waals surface area contributed by atoms with Gasteiger partial charge in [-0.15, -0.1) is 0 Å². The van der Waals surface area contributed by atoms with Gasteiger partial charge in [0, 0.05) is 0 Å². The van der Waals surface area contributed by atoms with E-state index in [4.69, 9.17) is 40.9 Å². The molecule has 19 heavy (non-hydrogen) atoms. The van der Waals surface area contributed by atoms with Crippen molar-refractivity contribution >= 4 is 31.4 Å². The topological polar surface area (TPSA) is 30.5 Å². The zero-order chi connectivity index (χ0) is 14.3. The van der Waals surface area contributed by atoms with Crippen LogP contribution in [0.1, 0.15) is 19.4 Å². The molecule has 90 valence electrons. The van der Waals surface area contributed by atoms with Crippen molar-refractivity contribution in [2.24, 2.45) is 0 Å². The first-order valence-corrected chi connectivity index (χ1v) is 6.17. The Balaban J connectivity index is 2.29. The van der Waals surface area contributed by atoms with Gasteiger partial charge in [-0.25, -0.2) is 0 Å². The molecule has 8 radical (unpaired) electrons. The second kappa shape index (κ2) is 4.86. The molecule has 0 unspecified atom stereocenters. The summed E-state index contributed by atoms with van der Waals surface area (Å²) in [4.78, 5) is 0. The predicted octanol–water partition coefficient (Wildman–Crippen LogP) is -0.106. The third-order valence-corrected chi connectivity index (χ3v) is 3.21. The van der Waals surface area contributed by atoms with Gasteiger partial charge >= 0.3 is 0 Å². The standard InChI is InChI=1S/C12H13B4NO2/c1-3-17-7(2)11(13,14)8-4-5-9-10(6-8)19-12(15,16)18-9/h4-7,17H,3H2,1-2H3/t7-/m0/s1. The Morgan fingerprint density at radius 1 is 1.26 bits per heavy atom. The molecule has 0 aliphatic carbocycles. The van der Waals surface area contributed by atoms with E-state index in [-0.39, 0.29) is 6.04 Å². The first-order valence-electron chi connectivity index (χ1n) is 6.17. The molecule has 7 heteroatoms. The van der Waals surface area contributed by atoms with Crippen molar-refractivity contribution in [2.45, 2.75) is 30.7 Å². The van der Waals surface area contributed by atoms with Gasteiger partial charge in [0.15, 0.2) is 32.8 Å². The molecule has 1 heterocycles. The van der Waals surface area contributed by atoms with Crippen molar-refractivity contribution in [3.63, 3.8) is 0 Å². The van der Waals surface area contributed by atoms with Gasteiger partial charge in [0.05, 0.1) is 15.7 Å². The zero-order valence-corrected chi connectivity index (χ0v) is 11.1. The lowest BCUT2D eigenvalue weighted by atomic mass is 9.47. The van der Waals surface area contributed by atoms with Gasteiger partial charge in [-0.3, -0.25) is 0 Å². The smallest absolute Gasteiger partial charge is 0.175 e. The number of nitrogens with one attached hydrogen (secondary N) is 1. The molecule has 1 atom stereocenters. The summed E-state index contributed by atoms with van der Waals surface area (Å²) in [6.45, 7) is 4.68. The minimum absolute atomic E-state index is 0.113. The van der Waals surface area contributed by atoms with Crippen LogP contribution >= 0.6 is 0 Å². The largest absolute Gasteiger partial charge is 0.468 e. The zero-order valence-electron chi connectivity index (χ0n) is 11.1. The van der Waals surface area contributed by atoms with Crippen molar-refractivity contribution in [3.8, 4) is 11.5 Å². The number of likely N-dealkylation sites (N-methyl/N-ethyl adjacent to an activating group) is 1. The van der Waals surface area contributed by atoms with E-state index in [2.05, 4.69) is 5.32 Å². The summed E-state index contributed by atoms with van der Waals surface area (Å²) in [6, 6.07) is 5.06. The van der Waals surface area contributed by atoms with Crippen LogP contribution in [0.15, 0.2) is 18.2 Å². The van der Waals surface area contributed by atoms with E-state index in [0.29, 0.717) is 17.1 Å². The molecule has 1 aliphatic heterocycles. The molecule has 0 saturated heterocycles. The van der Waals surface area contributed by atoms with Crippen LogP contribution in [0.3, 0.4) is 0 Å². The molecule has 1 aromatic carbocycles. The lowest BCUT2D eigenvalue weighted by Crippen LogP contribution is -2.47. The highest BCUT2D eigenvalue weighted by atomic mass is 16.7. The minimum Gasteiger partial charge on any atom is -0.468 e. The van der Waals surface area contributed by atoms with Crippen LogP contribution in [-0.2, 0) is 5.21 Å². The third-order valence-electron chi connectivity index (χ3n) is 3.21. The summed E-state index contributed by atoms with van der Waals surface area (Å²) >= 11 is 0. The Labute approximate surface area is 119 Å². The van der Waals surface area contributed by atoms with E-state index in [1.807, 2.05) is 13.8 Å². The number of rotatable bonds is 4. The second-order valence-corrected chi connectivity index (χ2v) is 4.80. The Morgan fingerprint density at radius 3 is 2.53 bits per heavy atom. The molecule has 0 saturated carbocycles. The van der Waals surface area contributed by atoms with Crippen LogP contribution in [0.25, 0.3) is 0 Å². The summed E-state index contributed by atoms with van der Waals surface area (Å²) in [6.07, 6.45) is 0. The fraction of sp³-hybridized carbons (Fsp3) is 0.500. The van der Waals surface area contributed by atoms with Crippen LogP contribution in [0.4, 0.5) is 0 Å². The van der Waals surface area contributed by atoms with Gasteiger partial charge in [0.2, 0.25) is 0 Å². The third kappa shape index (κ3) is 2.81. The van der Waals surface area contributed by atoms with Crippen molar-refractivity contribution in [1.82, 2.24) is 5.32 Å². The maximum atomic E-state index is 6.19. The molecule has 1 aliphatic rings. The normalized spacial score (nSPS) is 18.2. The first-order chi connectivity index (χ1) is 8.76. The monoisotopic (exact) mass is 247 g/mol. The lowest BCUT2D eigenvalue weighted by Gasteiger charge is -2.34. The van der Waals surface area contributed by atoms with E-state index in [9.17, 15) is 0 Å². The van der Waals surface area contributed by atoms with E-state index in [1.54, 1.807) is 18.2 Å². The first kappa shape index (κ1) is 14.4. The lowest BCUT2D eigenvalue weighted by molar-refractivity contribution is 0.0833. The summed E-state index contributed by atoms with van der Waals surface area (Å²) < 4.78 is 10.5. The van der Waals surface area contributed by atoms with Crippen LogP contribution in [0, 0.1) is 0 Å². The van der Waals surface area contributed by atoms with E-state index in [0.717, 1.165) is 6.54 Å². The average molecular weight is 246 g/mol. The van der Waals surface area contributed by atoms with Crippen LogP contribution in [-0.4, -0.2) is 49.6 Å². The fourth-order valence-electron chi connectivity index (χ4n) is 2.03. The fourth-order valence-corrected chi connectivity index (χ4v) is 2.03. The molecule has 2 rings (SSSR count). The average Bonchev–Trinajstić information content (AvgIpc) is 2.61. The highest BCUT2D eigenvalue weighted by molar-refractivity contribution is 6.41. The Hall–Kier alpha value is -0.960. The highest BCUT2D eigenvalue weighted by Crippen LogP contribution is 2.39.